The molecule has 1 aliphatic carbocycles. The number of hydrogen-bond acceptors (Lipinski definition) is 9. The van der Waals surface area contributed by atoms with Crippen LogP contribution in [0.4, 0.5) is 5.82 Å². The van der Waals surface area contributed by atoms with Gasteiger partial charge in [0.15, 0.2) is 17.3 Å². The Morgan fingerprint density at radius 3 is 2.37 bits per heavy atom. The van der Waals surface area contributed by atoms with Crippen LogP contribution >= 0.6 is 0 Å². The highest BCUT2D eigenvalue weighted by Gasteiger charge is 2.44. The lowest BCUT2D eigenvalue weighted by Crippen LogP contribution is -2.64. The molecule has 1 unspecified atom stereocenters. The van der Waals surface area contributed by atoms with Gasteiger partial charge in [-0.3, -0.25) is 29.8 Å². The van der Waals surface area contributed by atoms with Gasteiger partial charge in [0, 0.05) is 18.7 Å². The number of rotatable bonds is 19. The number of nitrogens with zero attached hydrogens (tertiary/aromatic N) is 1. The van der Waals surface area contributed by atoms with Crippen LogP contribution in [-0.4, -0.2) is 75.7 Å². The molecule has 0 saturated heterocycles. The average molecular weight is 600 g/mol. The van der Waals surface area contributed by atoms with Gasteiger partial charge in [-0.1, -0.05) is 19.4 Å². The van der Waals surface area contributed by atoms with Crippen molar-refractivity contribution in [3.05, 3.63) is 23.4 Å². The quantitative estimate of drug-likeness (QED) is 0.160. The lowest BCUT2D eigenvalue weighted by molar-refractivity contribution is -0.141. The monoisotopic (exact) mass is 599 g/mol. The molecule has 0 radical (unpaired) electrons. The van der Waals surface area contributed by atoms with Gasteiger partial charge in [-0.15, -0.1) is 0 Å². The van der Waals surface area contributed by atoms with Crippen LogP contribution in [0.15, 0.2) is 12.1 Å². The molecule has 5 N–H and O–H groups in total. The van der Waals surface area contributed by atoms with Gasteiger partial charge in [0.25, 0.3) is 0 Å². The molecule has 0 spiro atoms. The Hall–Kier alpha value is -2.69. The van der Waals surface area contributed by atoms with Gasteiger partial charge in [-0.2, -0.15) is 0 Å². The van der Waals surface area contributed by atoms with Crippen molar-refractivity contribution >= 4 is 29.1 Å². The van der Waals surface area contributed by atoms with Gasteiger partial charge in [0.2, 0.25) is 0 Å². The number of ketones is 3. The van der Waals surface area contributed by atoms with Gasteiger partial charge in [0.05, 0.1) is 35.6 Å². The number of carbonyl (C=O) groups excluding carboxylic acids is 3. The molecule has 2 atom stereocenters. The first-order chi connectivity index (χ1) is 20.2. The van der Waals surface area contributed by atoms with Crippen LogP contribution in [0.1, 0.15) is 104 Å². The fraction of sp³-hybridized carbons (Fsp3) is 0.727. The number of carboxylic acids is 1. The maximum atomic E-state index is 13.6. The summed E-state index contributed by atoms with van der Waals surface area (Å²) in [5.74, 6) is -0.464. The zero-order valence-electron chi connectivity index (χ0n) is 27.0. The summed E-state index contributed by atoms with van der Waals surface area (Å²) in [6, 6.07) is 3.13. The van der Waals surface area contributed by atoms with Crippen LogP contribution in [-0.2, 0) is 32.0 Å². The maximum Gasteiger partial charge on any atom is 0.305 e. The number of aliphatic carboxylic acids is 1. The number of nitrogens with one attached hydrogen (secondary N) is 4. The van der Waals surface area contributed by atoms with Crippen molar-refractivity contribution in [3.8, 4) is 0 Å². The molecule has 2 heterocycles. The van der Waals surface area contributed by atoms with Gasteiger partial charge < -0.3 is 15.7 Å². The molecule has 1 fully saturated rings. The van der Waals surface area contributed by atoms with Crippen LogP contribution in [0.2, 0.25) is 0 Å². The summed E-state index contributed by atoms with van der Waals surface area (Å²) in [5.41, 5.74) is -0.775. The number of aryl methyl sites for hydroxylation is 2. The number of fused-ring (bicyclic) bond motifs is 1. The minimum atomic E-state index is -1.20. The highest BCUT2D eigenvalue weighted by molar-refractivity contribution is 5.97. The molecule has 0 aromatic carbocycles. The minimum Gasteiger partial charge on any atom is -0.481 e. The molecule has 1 aliphatic heterocycles. The Labute approximate surface area is 256 Å². The number of anilines is 1. The number of hydrogen-bond donors (Lipinski definition) is 5. The number of carboxylic acid groups (broad SMARTS) is 1. The van der Waals surface area contributed by atoms with E-state index < -0.39 is 35.0 Å². The Bertz CT molecular complexity index is 1160. The van der Waals surface area contributed by atoms with Gasteiger partial charge in [0.1, 0.15) is 5.82 Å². The third-order valence-electron chi connectivity index (χ3n) is 9.27. The summed E-state index contributed by atoms with van der Waals surface area (Å²) in [5, 5.41) is 22.4. The van der Waals surface area contributed by atoms with E-state index in [2.05, 4.69) is 33.4 Å². The van der Waals surface area contributed by atoms with E-state index in [1.807, 2.05) is 13.8 Å². The Kier molecular flexibility index (Phi) is 12.0. The normalized spacial score (nSPS) is 17.6. The van der Waals surface area contributed by atoms with Crippen LogP contribution in [0.25, 0.3) is 0 Å². The number of aromatic nitrogens is 1. The second-order valence-corrected chi connectivity index (χ2v) is 13.6. The van der Waals surface area contributed by atoms with Crippen LogP contribution in [0, 0.1) is 5.92 Å². The van der Waals surface area contributed by atoms with E-state index in [-0.39, 0.29) is 29.8 Å². The molecular formula is C33H53N5O5. The Morgan fingerprint density at radius 2 is 1.74 bits per heavy atom. The minimum absolute atomic E-state index is 0.0672. The fourth-order valence-corrected chi connectivity index (χ4v) is 6.00. The number of pyridine rings is 1. The molecule has 2 aliphatic rings. The zero-order chi connectivity index (χ0) is 31.8. The second-order valence-electron chi connectivity index (χ2n) is 13.6. The predicted octanol–water partition coefficient (Wildman–Crippen LogP) is 3.61. The predicted molar refractivity (Wildman–Crippen MR) is 168 cm³/mol. The number of Topliss-reactive ketones (excluding diaryl/α,β-unsaturated/α-hetero) is 3. The topological polar surface area (TPSA) is 150 Å². The average Bonchev–Trinajstić information content (AvgIpc) is 2.92. The third kappa shape index (κ3) is 9.16. The van der Waals surface area contributed by atoms with E-state index in [1.165, 1.54) is 5.56 Å². The van der Waals surface area contributed by atoms with Gasteiger partial charge in [-0.25, -0.2) is 4.98 Å². The van der Waals surface area contributed by atoms with Crippen molar-refractivity contribution in [1.82, 2.24) is 20.9 Å². The summed E-state index contributed by atoms with van der Waals surface area (Å²) in [4.78, 5) is 56.9. The zero-order valence-corrected chi connectivity index (χ0v) is 27.0. The molecule has 1 aromatic rings. The third-order valence-corrected chi connectivity index (χ3v) is 9.27. The van der Waals surface area contributed by atoms with E-state index in [9.17, 15) is 24.3 Å². The van der Waals surface area contributed by atoms with Crippen LogP contribution in [0.3, 0.4) is 0 Å². The van der Waals surface area contributed by atoms with Crippen LogP contribution < -0.4 is 21.3 Å². The van der Waals surface area contributed by atoms with E-state index in [1.54, 1.807) is 27.7 Å². The molecule has 240 valence electrons. The molecular weight excluding hydrogens is 546 g/mol. The lowest BCUT2D eigenvalue weighted by atomic mass is 9.68. The Balaban J connectivity index is 1.62. The number of carbonyl (C=O) groups is 4. The van der Waals surface area contributed by atoms with Gasteiger partial charge in [-0.05, 0) is 104 Å². The standard InChI is InChI=1S/C33H53N5O5/c1-7-18-35-32(4,5)29(43)25(20-28(41)42)38-31(2,3)27(40)21-36-33(6,23-12-8-13-23)26(39)15-9-14-24-17-16-22-11-10-19-34-30(22)37-24/h16-17,23,25,35-36,38H,7-15,18-21H2,1-6H3,(H,34,37)(H,41,42)/t25?,33-/m1/s1. The SMILES string of the molecule is CCCNC(C)(C)C(=O)C(CC(=O)O)NC(C)(C)C(=O)CN[C@@](C)(C(=O)CCCc1ccc2c(n1)NCCC2)C1CCC1. The molecule has 1 aromatic heterocycles. The summed E-state index contributed by atoms with van der Waals surface area (Å²) in [6.07, 6.45) is 7.22. The summed E-state index contributed by atoms with van der Waals surface area (Å²) in [7, 11) is 0. The van der Waals surface area contributed by atoms with E-state index in [0.29, 0.717) is 25.8 Å². The van der Waals surface area contributed by atoms with Gasteiger partial charge >= 0.3 is 5.97 Å². The van der Waals surface area contributed by atoms with Crippen molar-refractivity contribution in [3.63, 3.8) is 0 Å². The molecule has 0 bridgehead atoms. The maximum absolute atomic E-state index is 13.6. The van der Waals surface area contributed by atoms with E-state index in [0.717, 1.165) is 56.6 Å². The summed E-state index contributed by atoms with van der Waals surface area (Å²) >= 11 is 0. The molecule has 3 rings (SSSR count). The highest BCUT2D eigenvalue weighted by atomic mass is 16.4. The van der Waals surface area contributed by atoms with Crippen molar-refractivity contribution in [2.75, 3.05) is 25.0 Å². The van der Waals surface area contributed by atoms with E-state index >= 15 is 0 Å². The van der Waals surface area contributed by atoms with E-state index in [4.69, 9.17) is 4.98 Å². The summed E-state index contributed by atoms with van der Waals surface area (Å²) < 4.78 is 0. The molecule has 0 amide bonds. The first-order valence-electron chi connectivity index (χ1n) is 16.0. The smallest absolute Gasteiger partial charge is 0.305 e. The molecule has 43 heavy (non-hydrogen) atoms. The van der Waals surface area contributed by atoms with Crippen molar-refractivity contribution in [1.29, 1.82) is 0 Å². The van der Waals surface area contributed by atoms with Crippen molar-refractivity contribution < 1.29 is 24.3 Å². The molecule has 10 nitrogen and oxygen atoms in total. The molecule has 1 saturated carbocycles. The second kappa shape index (κ2) is 14.9. The van der Waals surface area contributed by atoms with Crippen molar-refractivity contribution in [2.24, 2.45) is 5.92 Å². The van der Waals surface area contributed by atoms with Crippen molar-refractivity contribution in [2.45, 2.75) is 128 Å². The summed E-state index contributed by atoms with van der Waals surface area (Å²) in [6.45, 7) is 12.2. The lowest BCUT2D eigenvalue weighted by Gasteiger charge is -2.43. The fourth-order valence-electron chi connectivity index (χ4n) is 6.00. The largest absolute Gasteiger partial charge is 0.481 e. The first-order valence-corrected chi connectivity index (χ1v) is 16.0. The highest BCUT2D eigenvalue weighted by Crippen LogP contribution is 2.37. The molecule has 10 heteroatoms. The Morgan fingerprint density at radius 1 is 1.02 bits per heavy atom. The van der Waals surface area contributed by atoms with Crippen LogP contribution in [0.5, 0.6) is 0 Å². The first kappa shape index (κ1) is 34.8.